The van der Waals surface area contributed by atoms with Crippen molar-refractivity contribution in [2.24, 2.45) is 0 Å². The lowest BCUT2D eigenvalue weighted by Crippen LogP contribution is -2.30. The van der Waals surface area contributed by atoms with Crippen LogP contribution in [0.15, 0.2) is 34.9 Å². The van der Waals surface area contributed by atoms with Gasteiger partial charge in [-0.3, -0.25) is 0 Å². The molecule has 0 aromatic carbocycles. The van der Waals surface area contributed by atoms with E-state index in [0.717, 1.165) is 6.42 Å². The molecule has 0 bridgehead atoms. The van der Waals surface area contributed by atoms with Crippen LogP contribution in [-0.2, 0) is 6.42 Å². The smallest absolute Gasteiger partial charge is 0.132 e. The highest BCUT2D eigenvalue weighted by Gasteiger charge is 2.17. The van der Waals surface area contributed by atoms with Crippen molar-refractivity contribution in [3.63, 3.8) is 0 Å². The Morgan fingerprint density at radius 3 is 2.70 bits per heavy atom. The Labute approximate surface area is 124 Å². The highest BCUT2D eigenvalue weighted by molar-refractivity contribution is 7.12. The zero-order valence-corrected chi connectivity index (χ0v) is 13.1. The van der Waals surface area contributed by atoms with Gasteiger partial charge in [-0.2, -0.15) is 0 Å². The first kappa shape index (κ1) is 15.3. The number of aliphatic hydroxyl groups excluding tert-OH is 1. The van der Waals surface area contributed by atoms with E-state index < -0.39 is 6.10 Å². The fourth-order valence-electron chi connectivity index (χ4n) is 2.33. The second-order valence-corrected chi connectivity index (χ2v) is 6.41. The van der Waals surface area contributed by atoms with Gasteiger partial charge in [0.05, 0.1) is 6.26 Å². The van der Waals surface area contributed by atoms with Gasteiger partial charge in [0.1, 0.15) is 11.9 Å². The minimum Gasteiger partial charge on any atom is -0.467 e. The summed E-state index contributed by atoms with van der Waals surface area (Å²) in [6.45, 7) is 6.44. The SMILES string of the molecule is CCc1ccc(C(C)NC(C)CC(O)c2ccco2)s1. The van der Waals surface area contributed by atoms with Crippen molar-refractivity contribution < 1.29 is 9.52 Å². The Morgan fingerprint density at radius 2 is 2.10 bits per heavy atom. The minimum absolute atomic E-state index is 0.220. The van der Waals surface area contributed by atoms with Gasteiger partial charge in [0.25, 0.3) is 0 Å². The predicted molar refractivity (Wildman–Crippen MR) is 83.0 cm³/mol. The molecule has 0 aliphatic carbocycles. The Kier molecular flexibility index (Phi) is 5.40. The van der Waals surface area contributed by atoms with Crippen molar-refractivity contribution in [1.29, 1.82) is 0 Å². The van der Waals surface area contributed by atoms with E-state index in [9.17, 15) is 5.11 Å². The molecule has 3 nitrogen and oxygen atoms in total. The maximum Gasteiger partial charge on any atom is 0.132 e. The van der Waals surface area contributed by atoms with Crippen LogP contribution in [0.25, 0.3) is 0 Å². The van der Waals surface area contributed by atoms with Gasteiger partial charge in [-0.25, -0.2) is 0 Å². The fourth-order valence-corrected chi connectivity index (χ4v) is 3.29. The summed E-state index contributed by atoms with van der Waals surface area (Å²) in [5.41, 5.74) is 0. The maximum atomic E-state index is 10.1. The van der Waals surface area contributed by atoms with Gasteiger partial charge in [0.2, 0.25) is 0 Å². The predicted octanol–water partition coefficient (Wildman–Crippen LogP) is 4.07. The summed E-state index contributed by atoms with van der Waals surface area (Å²) in [4.78, 5) is 2.76. The van der Waals surface area contributed by atoms with Gasteiger partial charge in [-0.15, -0.1) is 11.3 Å². The molecule has 2 aromatic heterocycles. The number of aryl methyl sites for hydroxylation is 1. The van der Waals surface area contributed by atoms with Crippen molar-refractivity contribution >= 4 is 11.3 Å². The van der Waals surface area contributed by atoms with Gasteiger partial charge in [-0.05, 0) is 51.0 Å². The highest BCUT2D eigenvalue weighted by atomic mass is 32.1. The molecule has 0 amide bonds. The van der Waals surface area contributed by atoms with Gasteiger partial charge in [0.15, 0.2) is 0 Å². The standard InChI is InChI=1S/C16H23NO2S/c1-4-13-7-8-16(20-13)12(3)17-11(2)10-14(18)15-6-5-9-19-15/h5-9,11-12,14,17-18H,4,10H2,1-3H3. The molecule has 20 heavy (non-hydrogen) atoms. The van der Waals surface area contributed by atoms with Crippen molar-refractivity contribution in [2.45, 2.75) is 51.8 Å². The molecule has 2 aromatic rings. The van der Waals surface area contributed by atoms with E-state index in [1.165, 1.54) is 9.75 Å². The summed E-state index contributed by atoms with van der Waals surface area (Å²) in [5.74, 6) is 0.635. The number of thiophene rings is 1. The van der Waals surface area contributed by atoms with Crippen molar-refractivity contribution in [3.05, 3.63) is 46.0 Å². The zero-order chi connectivity index (χ0) is 14.5. The molecule has 0 aliphatic heterocycles. The van der Waals surface area contributed by atoms with E-state index in [2.05, 4.69) is 38.2 Å². The molecule has 2 rings (SSSR count). The van der Waals surface area contributed by atoms with Crippen LogP contribution in [0.4, 0.5) is 0 Å². The molecule has 2 N–H and O–H groups in total. The Balaban J connectivity index is 1.85. The molecule has 0 spiro atoms. The molecule has 3 atom stereocenters. The quantitative estimate of drug-likeness (QED) is 0.809. The van der Waals surface area contributed by atoms with Crippen LogP contribution in [0.5, 0.6) is 0 Å². The maximum absolute atomic E-state index is 10.1. The second-order valence-electron chi connectivity index (χ2n) is 5.21. The lowest BCUT2D eigenvalue weighted by atomic mass is 10.1. The van der Waals surface area contributed by atoms with Crippen LogP contribution >= 0.6 is 11.3 Å². The molecular weight excluding hydrogens is 270 g/mol. The van der Waals surface area contributed by atoms with Crippen molar-refractivity contribution in [3.8, 4) is 0 Å². The van der Waals surface area contributed by atoms with Crippen LogP contribution in [0.2, 0.25) is 0 Å². The third-order valence-electron chi connectivity index (χ3n) is 3.44. The van der Waals surface area contributed by atoms with Crippen LogP contribution < -0.4 is 5.32 Å². The molecule has 0 radical (unpaired) electrons. The van der Waals surface area contributed by atoms with Gasteiger partial charge in [0, 0.05) is 21.8 Å². The Bertz CT molecular complexity index is 506. The summed E-state index contributed by atoms with van der Waals surface area (Å²) in [6, 6.07) is 8.53. The molecule has 0 aliphatic rings. The number of nitrogens with one attached hydrogen (secondary N) is 1. The first-order chi connectivity index (χ1) is 9.60. The second kappa shape index (κ2) is 7.07. The lowest BCUT2D eigenvalue weighted by molar-refractivity contribution is 0.127. The number of aliphatic hydroxyl groups is 1. The van der Waals surface area contributed by atoms with Crippen LogP contribution in [0, 0.1) is 0 Å². The molecular formula is C16H23NO2S. The monoisotopic (exact) mass is 293 g/mol. The topological polar surface area (TPSA) is 45.4 Å². The third kappa shape index (κ3) is 3.95. The Morgan fingerprint density at radius 1 is 1.30 bits per heavy atom. The summed E-state index contributed by atoms with van der Waals surface area (Å²) < 4.78 is 5.23. The van der Waals surface area contributed by atoms with Gasteiger partial charge < -0.3 is 14.8 Å². The van der Waals surface area contributed by atoms with Gasteiger partial charge in [-0.1, -0.05) is 6.92 Å². The van der Waals surface area contributed by atoms with Crippen molar-refractivity contribution in [2.75, 3.05) is 0 Å². The number of hydrogen-bond donors (Lipinski definition) is 2. The minimum atomic E-state index is -0.547. The molecule has 0 fully saturated rings. The lowest BCUT2D eigenvalue weighted by Gasteiger charge is -2.21. The first-order valence-corrected chi connectivity index (χ1v) is 7.98. The Hall–Kier alpha value is -1.10. The number of rotatable bonds is 7. The highest BCUT2D eigenvalue weighted by Crippen LogP contribution is 2.25. The van der Waals surface area contributed by atoms with E-state index >= 15 is 0 Å². The number of furan rings is 1. The van der Waals surface area contributed by atoms with Crippen LogP contribution in [0.1, 0.15) is 54.9 Å². The number of hydrogen-bond acceptors (Lipinski definition) is 4. The van der Waals surface area contributed by atoms with Gasteiger partial charge >= 0.3 is 0 Å². The van der Waals surface area contributed by atoms with E-state index in [-0.39, 0.29) is 6.04 Å². The summed E-state index contributed by atoms with van der Waals surface area (Å²) in [6.07, 6.45) is 2.78. The average molecular weight is 293 g/mol. The average Bonchev–Trinajstić information content (AvgIpc) is 3.09. The summed E-state index contributed by atoms with van der Waals surface area (Å²) >= 11 is 1.86. The first-order valence-electron chi connectivity index (χ1n) is 7.16. The molecule has 0 saturated heterocycles. The molecule has 0 saturated carbocycles. The summed E-state index contributed by atoms with van der Waals surface area (Å²) in [5, 5.41) is 13.6. The normalized spacial score (nSPS) is 16.0. The van der Waals surface area contributed by atoms with Crippen LogP contribution in [-0.4, -0.2) is 11.1 Å². The zero-order valence-electron chi connectivity index (χ0n) is 12.3. The van der Waals surface area contributed by atoms with Crippen LogP contribution in [0.3, 0.4) is 0 Å². The largest absolute Gasteiger partial charge is 0.467 e. The third-order valence-corrected chi connectivity index (χ3v) is 4.85. The van der Waals surface area contributed by atoms with E-state index in [4.69, 9.17) is 4.42 Å². The summed E-state index contributed by atoms with van der Waals surface area (Å²) in [7, 11) is 0. The van der Waals surface area contributed by atoms with E-state index in [0.29, 0.717) is 18.2 Å². The van der Waals surface area contributed by atoms with E-state index in [1.807, 2.05) is 17.4 Å². The van der Waals surface area contributed by atoms with Crippen molar-refractivity contribution in [1.82, 2.24) is 5.32 Å². The van der Waals surface area contributed by atoms with E-state index in [1.54, 1.807) is 12.3 Å². The molecule has 3 unspecified atom stereocenters. The molecule has 4 heteroatoms. The molecule has 110 valence electrons. The molecule has 2 heterocycles. The fraction of sp³-hybridized carbons (Fsp3) is 0.500.